The molecule has 0 unspecified atom stereocenters. The van der Waals surface area contributed by atoms with Crippen molar-refractivity contribution in [3.63, 3.8) is 0 Å². The number of benzene rings is 1. The number of piperazine rings is 1. The lowest BCUT2D eigenvalue weighted by Gasteiger charge is -2.34. The summed E-state index contributed by atoms with van der Waals surface area (Å²) in [6.45, 7) is 6.77. The third-order valence-corrected chi connectivity index (χ3v) is 8.99. The Labute approximate surface area is 196 Å². The molecule has 1 aliphatic carbocycles. The quantitative estimate of drug-likeness (QED) is 0.619. The Morgan fingerprint density at radius 1 is 0.909 bits per heavy atom. The molecule has 0 spiro atoms. The summed E-state index contributed by atoms with van der Waals surface area (Å²) in [7, 11) is -3.66. The van der Waals surface area contributed by atoms with Gasteiger partial charge in [-0.3, -0.25) is 9.59 Å². The number of amides is 1. The molecule has 7 nitrogen and oxygen atoms in total. The first-order valence-electron chi connectivity index (χ1n) is 11.8. The van der Waals surface area contributed by atoms with E-state index in [1.807, 2.05) is 13.0 Å². The minimum atomic E-state index is -3.66. The van der Waals surface area contributed by atoms with E-state index < -0.39 is 10.0 Å². The zero-order valence-electron chi connectivity index (χ0n) is 19.7. The number of nitrogens with zero attached hydrogens (tertiary/aromatic N) is 3. The Hall–Kier alpha value is -2.45. The van der Waals surface area contributed by atoms with Gasteiger partial charge in [-0.05, 0) is 51.8 Å². The van der Waals surface area contributed by atoms with Gasteiger partial charge >= 0.3 is 0 Å². The van der Waals surface area contributed by atoms with Gasteiger partial charge in [0.05, 0.1) is 10.5 Å². The number of aryl methyl sites for hydroxylation is 1. The van der Waals surface area contributed by atoms with Crippen molar-refractivity contribution in [1.82, 2.24) is 13.8 Å². The van der Waals surface area contributed by atoms with Crippen molar-refractivity contribution in [2.24, 2.45) is 0 Å². The minimum absolute atomic E-state index is 0.0204. The second-order valence-corrected chi connectivity index (χ2v) is 11.2. The molecule has 0 atom stereocenters. The molecular weight excluding hydrogens is 438 g/mol. The van der Waals surface area contributed by atoms with Crippen LogP contribution in [0.5, 0.6) is 0 Å². The number of aromatic nitrogens is 1. The van der Waals surface area contributed by atoms with Gasteiger partial charge in [0.25, 0.3) is 5.91 Å². The van der Waals surface area contributed by atoms with Gasteiger partial charge in [-0.25, -0.2) is 8.42 Å². The summed E-state index contributed by atoms with van der Waals surface area (Å²) in [6.07, 6.45) is 6.08. The van der Waals surface area contributed by atoms with Crippen molar-refractivity contribution < 1.29 is 18.0 Å². The highest BCUT2D eigenvalue weighted by Crippen LogP contribution is 2.32. The van der Waals surface area contributed by atoms with E-state index in [1.165, 1.54) is 54.8 Å². The third-order valence-electron chi connectivity index (χ3n) is 7.08. The second-order valence-electron chi connectivity index (χ2n) is 9.22. The van der Waals surface area contributed by atoms with Gasteiger partial charge in [0, 0.05) is 49.2 Å². The Balaban J connectivity index is 1.44. The number of Topliss-reactive ketones (excluding diaryl/α,β-unsaturated/α-hetero) is 1. The smallest absolute Gasteiger partial charge is 0.255 e. The number of carbonyl (C=O) groups is 2. The summed E-state index contributed by atoms with van der Waals surface area (Å²) < 4.78 is 29.8. The van der Waals surface area contributed by atoms with Crippen LogP contribution < -0.4 is 0 Å². The summed E-state index contributed by atoms with van der Waals surface area (Å²) in [5.41, 5.74) is 3.35. The molecule has 0 radical (unpaired) electrons. The van der Waals surface area contributed by atoms with Crippen LogP contribution in [0.2, 0.25) is 0 Å². The fraction of sp³-hybridized carbons (Fsp3) is 0.520. The molecule has 2 heterocycles. The Morgan fingerprint density at radius 3 is 2.09 bits per heavy atom. The molecular formula is C25H33N3O4S. The maximum atomic E-state index is 13.3. The molecule has 1 aromatic carbocycles. The highest BCUT2D eigenvalue weighted by molar-refractivity contribution is 7.89. The molecule has 0 bridgehead atoms. The molecule has 8 heteroatoms. The summed E-state index contributed by atoms with van der Waals surface area (Å²) in [5.74, 6) is -0.123. The summed E-state index contributed by atoms with van der Waals surface area (Å²) >= 11 is 0. The summed E-state index contributed by atoms with van der Waals surface area (Å²) in [5, 5.41) is 0. The number of ketones is 1. The van der Waals surface area contributed by atoms with Crippen LogP contribution in [-0.4, -0.2) is 60.1 Å². The van der Waals surface area contributed by atoms with Crippen LogP contribution in [0.4, 0.5) is 0 Å². The van der Waals surface area contributed by atoms with Gasteiger partial charge in [-0.1, -0.05) is 31.4 Å². The summed E-state index contributed by atoms with van der Waals surface area (Å²) in [4.78, 5) is 26.7. The van der Waals surface area contributed by atoms with Gasteiger partial charge in [0.1, 0.15) is 0 Å². The molecule has 1 aliphatic heterocycles. The number of hydrogen-bond acceptors (Lipinski definition) is 4. The van der Waals surface area contributed by atoms with Gasteiger partial charge in [-0.2, -0.15) is 4.31 Å². The molecule has 1 saturated carbocycles. The standard InChI is InChI=1S/C25H33N3O4S/c1-18-17-24(19(2)28(18)22-7-5-4-6-8-22)25(30)26-13-15-27(16-14-26)33(31,32)23-11-9-21(10-12-23)20(3)29/h9-12,17,22H,4-8,13-16H2,1-3H3. The van der Waals surface area contributed by atoms with E-state index in [4.69, 9.17) is 0 Å². The third kappa shape index (κ3) is 4.64. The van der Waals surface area contributed by atoms with Crippen molar-refractivity contribution in [1.29, 1.82) is 0 Å². The van der Waals surface area contributed by atoms with Crippen LogP contribution >= 0.6 is 0 Å². The van der Waals surface area contributed by atoms with E-state index in [2.05, 4.69) is 11.5 Å². The maximum absolute atomic E-state index is 13.3. The SMILES string of the molecule is CC(=O)c1ccc(S(=O)(=O)N2CCN(C(=O)c3cc(C)n(C4CCCCC4)c3C)CC2)cc1. The molecule has 0 N–H and O–H groups in total. The van der Waals surface area contributed by atoms with Gasteiger partial charge < -0.3 is 9.47 Å². The minimum Gasteiger partial charge on any atom is -0.345 e. The lowest BCUT2D eigenvalue weighted by atomic mass is 9.95. The predicted molar refractivity (Wildman–Crippen MR) is 127 cm³/mol. The normalized spacial score (nSPS) is 18.5. The van der Waals surface area contributed by atoms with Crippen molar-refractivity contribution in [2.45, 2.75) is 63.8 Å². The molecule has 1 saturated heterocycles. The van der Waals surface area contributed by atoms with E-state index in [1.54, 1.807) is 4.90 Å². The Bertz CT molecular complexity index is 1140. The topological polar surface area (TPSA) is 79.7 Å². The van der Waals surface area contributed by atoms with Crippen LogP contribution in [0.15, 0.2) is 35.2 Å². The monoisotopic (exact) mass is 471 g/mol. The zero-order chi connectivity index (χ0) is 23.8. The van der Waals surface area contributed by atoms with Crippen LogP contribution in [0, 0.1) is 13.8 Å². The van der Waals surface area contributed by atoms with Crippen molar-refractivity contribution >= 4 is 21.7 Å². The van der Waals surface area contributed by atoms with Gasteiger partial charge in [0.15, 0.2) is 5.78 Å². The fourth-order valence-electron chi connectivity index (χ4n) is 5.21. The van der Waals surface area contributed by atoms with Crippen molar-refractivity contribution in [2.75, 3.05) is 26.2 Å². The molecule has 33 heavy (non-hydrogen) atoms. The van der Waals surface area contributed by atoms with E-state index in [9.17, 15) is 18.0 Å². The lowest BCUT2D eigenvalue weighted by Crippen LogP contribution is -2.50. The van der Waals surface area contributed by atoms with E-state index in [0.29, 0.717) is 24.7 Å². The van der Waals surface area contributed by atoms with Crippen LogP contribution in [0.25, 0.3) is 0 Å². The van der Waals surface area contributed by atoms with Crippen molar-refractivity contribution in [3.8, 4) is 0 Å². The van der Waals surface area contributed by atoms with E-state index in [-0.39, 0.29) is 29.7 Å². The fourth-order valence-corrected chi connectivity index (χ4v) is 6.63. The molecule has 4 rings (SSSR count). The number of sulfonamides is 1. The largest absolute Gasteiger partial charge is 0.345 e. The first kappa shape index (κ1) is 23.7. The highest BCUT2D eigenvalue weighted by Gasteiger charge is 2.32. The highest BCUT2D eigenvalue weighted by atomic mass is 32.2. The van der Waals surface area contributed by atoms with Crippen molar-refractivity contribution in [3.05, 3.63) is 52.8 Å². The molecule has 2 aromatic rings. The molecule has 178 valence electrons. The van der Waals surface area contributed by atoms with Crippen LogP contribution in [0.3, 0.4) is 0 Å². The molecule has 2 aliphatic rings. The number of hydrogen-bond donors (Lipinski definition) is 0. The average Bonchev–Trinajstić information content (AvgIpc) is 3.13. The zero-order valence-corrected chi connectivity index (χ0v) is 20.5. The lowest BCUT2D eigenvalue weighted by molar-refractivity contribution is 0.0696. The molecule has 1 aromatic heterocycles. The first-order valence-corrected chi connectivity index (χ1v) is 13.2. The number of carbonyl (C=O) groups excluding carboxylic acids is 2. The van der Waals surface area contributed by atoms with Gasteiger partial charge in [-0.15, -0.1) is 0 Å². The average molecular weight is 472 g/mol. The summed E-state index contributed by atoms with van der Waals surface area (Å²) in [6, 6.07) is 8.49. The Kier molecular flexibility index (Phi) is 6.77. The van der Waals surface area contributed by atoms with E-state index in [0.717, 1.165) is 29.8 Å². The maximum Gasteiger partial charge on any atom is 0.255 e. The molecule has 1 amide bonds. The number of rotatable bonds is 5. The first-order chi connectivity index (χ1) is 15.7. The van der Waals surface area contributed by atoms with E-state index >= 15 is 0 Å². The van der Waals surface area contributed by atoms with Gasteiger partial charge in [0.2, 0.25) is 10.0 Å². The Morgan fingerprint density at radius 2 is 1.52 bits per heavy atom. The predicted octanol–water partition coefficient (Wildman–Crippen LogP) is 3.96. The second kappa shape index (κ2) is 9.43. The molecule has 2 fully saturated rings. The van der Waals surface area contributed by atoms with Crippen LogP contribution in [0.1, 0.15) is 77.2 Å². The van der Waals surface area contributed by atoms with Crippen LogP contribution in [-0.2, 0) is 10.0 Å².